The largest absolute Gasteiger partial charge is 0.508 e. The average Bonchev–Trinajstić information content (AvgIpc) is 3.13. The minimum Gasteiger partial charge on any atom is -0.508 e. The van der Waals surface area contributed by atoms with Crippen LogP contribution >= 0.6 is 0 Å². The van der Waals surface area contributed by atoms with Crippen LogP contribution in [0.3, 0.4) is 0 Å². The number of aliphatic hydroxyl groups is 1. The van der Waals surface area contributed by atoms with Crippen molar-refractivity contribution in [1.29, 1.82) is 0 Å². The maximum atomic E-state index is 9.57. The van der Waals surface area contributed by atoms with Gasteiger partial charge in [-0.1, -0.05) is 12.1 Å². The van der Waals surface area contributed by atoms with Crippen LogP contribution in [0.4, 0.5) is 0 Å². The van der Waals surface area contributed by atoms with Gasteiger partial charge in [0, 0.05) is 12.0 Å². The molecule has 3 heteroatoms. The van der Waals surface area contributed by atoms with Gasteiger partial charge in [0.1, 0.15) is 5.75 Å². The minimum absolute atomic E-state index is 0.148. The standard InChI is InChI=1S/C13H19NO2/c14-8-13(9-15,11-3-4-11)7-10-1-5-12(16)6-2-10/h1-2,5-6,11,15-16H,3-4,7-9,14H2. The second-order valence-electron chi connectivity index (χ2n) is 4.84. The molecule has 1 unspecified atom stereocenters. The second-order valence-corrected chi connectivity index (χ2v) is 4.84. The third kappa shape index (κ3) is 2.20. The molecule has 0 bridgehead atoms. The Morgan fingerprint density at radius 1 is 1.25 bits per heavy atom. The minimum atomic E-state index is -0.156. The number of hydrogen-bond donors (Lipinski definition) is 3. The van der Waals surface area contributed by atoms with E-state index in [9.17, 15) is 10.2 Å². The number of aliphatic hydroxyl groups excluding tert-OH is 1. The average molecular weight is 221 g/mol. The van der Waals surface area contributed by atoms with Gasteiger partial charge in [0.2, 0.25) is 0 Å². The monoisotopic (exact) mass is 221 g/mol. The van der Waals surface area contributed by atoms with E-state index in [0.29, 0.717) is 12.5 Å². The second kappa shape index (κ2) is 4.44. The summed E-state index contributed by atoms with van der Waals surface area (Å²) in [6.07, 6.45) is 3.15. The van der Waals surface area contributed by atoms with Crippen molar-refractivity contribution in [3.05, 3.63) is 29.8 Å². The topological polar surface area (TPSA) is 66.5 Å². The highest BCUT2D eigenvalue weighted by molar-refractivity contribution is 5.27. The summed E-state index contributed by atoms with van der Waals surface area (Å²) in [5.74, 6) is 0.842. The van der Waals surface area contributed by atoms with Gasteiger partial charge in [-0.05, 0) is 42.9 Å². The predicted octanol–water partition coefficient (Wildman–Crippen LogP) is 1.28. The Balaban J connectivity index is 2.13. The highest BCUT2D eigenvalue weighted by Crippen LogP contribution is 2.46. The van der Waals surface area contributed by atoms with Gasteiger partial charge in [-0.15, -0.1) is 0 Å². The van der Waals surface area contributed by atoms with E-state index in [4.69, 9.17) is 5.73 Å². The molecule has 1 aromatic rings. The van der Waals surface area contributed by atoms with Crippen LogP contribution in [0.5, 0.6) is 5.75 Å². The molecule has 0 amide bonds. The fourth-order valence-corrected chi connectivity index (χ4v) is 2.35. The number of phenols is 1. The predicted molar refractivity (Wildman–Crippen MR) is 63.1 cm³/mol. The molecule has 88 valence electrons. The Hall–Kier alpha value is -1.06. The van der Waals surface area contributed by atoms with Crippen molar-refractivity contribution >= 4 is 0 Å². The smallest absolute Gasteiger partial charge is 0.115 e. The van der Waals surface area contributed by atoms with Crippen molar-refractivity contribution in [3.8, 4) is 5.75 Å². The fourth-order valence-electron chi connectivity index (χ4n) is 2.35. The number of benzene rings is 1. The number of nitrogens with two attached hydrogens (primary N) is 1. The molecule has 0 spiro atoms. The molecular formula is C13H19NO2. The quantitative estimate of drug-likeness (QED) is 0.701. The van der Waals surface area contributed by atoms with Crippen molar-refractivity contribution in [2.45, 2.75) is 19.3 Å². The molecule has 0 aliphatic heterocycles. The molecule has 3 nitrogen and oxygen atoms in total. The van der Waals surface area contributed by atoms with Gasteiger partial charge in [-0.3, -0.25) is 0 Å². The summed E-state index contributed by atoms with van der Waals surface area (Å²) in [5, 5.41) is 18.8. The van der Waals surface area contributed by atoms with E-state index in [0.717, 1.165) is 12.0 Å². The van der Waals surface area contributed by atoms with Crippen LogP contribution in [0.25, 0.3) is 0 Å². The van der Waals surface area contributed by atoms with Crippen LogP contribution in [0.1, 0.15) is 18.4 Å². The van der Waals surface area contributed by atoms with Crippen LogP contribution < -0.4 is 5.73 Å². The summed E-state index contributed by atoms with van der Waals surface area (Å²) in [7, 11) is 0. The fraction of sp³-hybridized carbons (Fsp3) is 0.538. The first-order valence-corrected chi connectivity index (χ1v) is 5.79. The Morgan fingerprint density at radius 3 is 2.31 bits per heavy atom. The first-order chi connectivity index (χ1) is 7.70. The van der Waals surface area contributed by atoms with Crippen LogP contribution in [-0.4, -0.2) is 23.4 Å². The molecule has 0 radical (unpaired) electrons. The number of rotatable bonds is 5. The van der Waals surface area contributed by atoms with Crippen LogP contribution in [0.2, 0.25) is 0 Å². The van der Waals surface area contributed by atoms with Gasteiger partial charge in [0.05, 0.1) is 6.61 Å². The van der Waals surface area contributed by atoms with Gasteiger partial charge in [0.15, 0.2) is 0 Å². The summed E-state index contributed by atoms with van der Waals surface area (Å²) in [4.78, 5) is 0. The zero-order valence-corrected chi connectivity index (χ0v) is 9.39. The van der Waals surface area contributed by atoms with E-state index < -0.39 is 0 Å². The number of phenolic OH excluding ortho intramolecular Hbond substituents is 1. The molecule has 4 N–H and O–H groups in total. The first-order valence-electron chi connectivity index (χ1n) is 5.79. The van der Waals surface area contributed by atoms with Gasteiger partial charge in [-0.2, -0.15) is 0 Å². The molecule has 1 saturated carbocycles. The van der Waals surface area contributed by atoms with Gasteiger partial charge in [0.25, 0.3) is 0 Å². The summed E-state index contributed by atoms with van der Waals surface area (Å²) < 4.78 is 0. The van der Waals surface area contributed by atoms with Crippen molar-refractivity contribution in [2.75, 3.05) is 13.2 Å². The van der Waals surface area contributed by atoms with E-state index in [2.05, 4.69) is 0 Å². The van der Waals surface area contributed by atoms with Gasteiger partial charge in [-0.25, -0.2) is 0 Å². The molecule has 2 rings (SSSR count). The number of hydrogen-bond acceptors (Lipinski definition) is 3. The normalized spacial score (nSPS) is 19.4. The van der Waals surface area contributed by atoms with Crippen LogP contribution in [0, 0.1) is 11.3 Å². The molecular weight excluding hydrogens is 202 g/mol. The van der Waals surface area contributed by atoms with E-state index >= 15 is 0 Å². The summed E-state index contributed by atoms with van der Waals surface area (Å²) in [6, 6.07) is 7.16. The van der Waals surface area contributed by atoms with Gasteiger partial charge < -0.3 is 15.9 Å². The number of aromatic hydroxyl groups is 1. The maximum Gasteiger partial charge on any atom is 0.115 e. The third-order valence-corrected chi connectivity index (χ3v) is 3.66. The molecule has 16 heavy (non-hydrogen) atoms. The lowest BCUT2D eigenvalue weighted by Gasteiger charge is -2.30. The maximum absolute atomic E-state index is 9.57. The highest BCUT2D eigenvalue weighted by atomic mass is 16.3. The van der Waals surface area contributed by atoms with Crippen molar-refractivity contribution in [2.24, 2.45) is 17.1 Å². The SMILES string of the molecule is NCC(CO)(Cc1ccc(O)cc1)C1CC1. The van der Waals surface area contributed by atoms with Crippen LogP contribution in [-0.2, 0) is 6.42 Å². The molecule has 0 aromatic heterocycles. The Bertz CT molecular complexity index is 339. The van der Waals surface area contributed by atoms with E-state index in [1.165, 1.54) is 12.8 Å². The molecule has 0 heterocycles. The Morgan fingerprint density at radius 2 is 1.88 bits per heavy atom. The molecule has 1 aliphatic rings. The zero-order chi connectivity index (χ0) is 11.6. The molecule has 0 saturated heterocycles. The van der Waals surface area contributed by atoms with Gasteiger partial charge >= 0.3 is 0 Å². The summed E-state index contributed by atoms with van der Waals surface area (Å²) in [5.41, 5.74) is 6.80. The Kier molecular flexibility index (Phi) is 3.17. The zero-order valence-electron chi connectivity index (χ0n) is 9.39. The summed E-state index contributed by atoms with van der Waals surface area (Å²) >= 11 is 0. The van der Waals surface area contributed by atoms with E-state index in [-0.39, 0.29) is 17.8 Å². The lowest BCUT2D eigenvalue weighted by Crippen LogP contribution is -2.38. The first kappa shape index (κ1) is 11.4. The third-order valence-electron chi connectivity index (χ3n) is 3.66. The van der Waals surface area contributed by atoms with Crippen LogP contribution in [0.15, 0.2) is 24.3 Å². The Labute approximate surface area is 95.9 Å². The van der Waals surface area contributed by atoms with Crippen molar-refractivity contribution in [3.63, 3.8) is 0 Å². The van der Waals surface area contributed by atoms with Crippen molar-refractivity contribution < 1.29 is 10.2 Å². The molecule has 1 aromatic carbocycles. The molecule has 1 aliphatic carbocycles. The lowest BCUT2D eigenvalue weighted by atomic mass is 9.78. The van der Waals surface area contributed by atoms with Crippen molar-refractivity contribution in [1.82, 2.24) is 0 Å². The van der Waals surface area contributed by atoms with E-state index in [1.54, 1.807) is 12.1 Å². The lowest BCUT2D eigenvalue weighted by molar-refractivity contribution is 0.109. The highest BCUT2D eigenvalue weighted by Gasteiger charge is 2.43. The molecule has 1 fully saturated rings. The molecule has 1 atom stereocenters. The summed E-state index contributed by atoms with van der Waals surface area (Å²) in [6.45, 7) is 0.671. The van der Waals surface area contributed by atoms with E-state index in [1.807, 2.05) is 12.1 Å².